The van der Waals surface area contributed by atoms with Crippen LogP contribution in [0, 0.1) is 6.92 Å². The highest BCUT2D eigenvalue weighted by atomic mass is 32.1. The minimum Gasteiger partial charge on any atom is -0.366 e. The smallest absolute Gasteiger partial charge is 0.170 e. The lowest BCUT2D eigenvalue weighted by Crippen LogP contribution is -2.53. The Kier molecular flexibility index (Phi) is 3.53. The quantitative estimate of drug-likeness (QED) is 0.840. The van der Waals surface area contributed by atoms with E-state index in [9.17, 15) is 5.11 Å². The van der Waals surface area contributed by atoms with E-state index in [4.69, 9.17) is 0 Å². The molecule has 5 heteroatoms. The van der Waals surface area contributed by atoms with E-state index in [1.54, 1.807) is 11.3 Å². The molecule has 0 aliphatic carbocycles. The number of aliphatic hydroxyl groups is 1. The molecular formula is C19H24N2OSSi. The number of hydrogen-bond acceptors (Lipinski definition) is 4. The van der Waals surface area contributed by atoms with Gasteiger partial charge in [-0.05, 0) is 13.0 Å². The van der Waals surface area contributed by atoms with Crippen LogP contribution < -0.4 is 5.19 Å². The van der Waals surface area contributed by atoms with Crippen LogP contribution in [-0.4, -0.2) is 37.0 Å². The Morgan fingerprint density at radius 2 is 1.92 bits per heavy atom. The highest BCUT2D eigenvalue weighted by molar-refractivity contribution is 7.12. The number of rotatable bonds is 2. The molecule has 2 aromatic rings. The van der Waals surface area contributed by atoms with Gasteiger partial charge in [-0.1, -0.05) is 49.1 Å². The van der Waals surface area contributed by atoms with Crippen molar-refractivity contribution in [3.63, 3.8) is 0 Å². The zero-order valence-electron chi connectivity index (χ0n) is 14.8. The third kappa shape index (κ3) is 2.38. The molecule has 3 nitrogen and oxygen atoms in total. The van der Waals surface area contributed by atoms with Gasteiger partial charge in [0, 0.05) is 33.8 Å². The first-order valence-corrected chi connectivity index (χ1v) is 12.9. The van der Waals surface area contributed by atoms with Gasteiger partial charge >= 0.3 is 0 Å². The van der Waals surface area contributed by atoms with Crippen molar-refractivity contribution in [1.29, 1.82) is 0 Å². The summed E-state index contributed by atoms with van der Waals surface area (Å²) in [5.74, 6) is 0.970. The first kappa shape index (κ1) is 16.1. The summed E-state index contributed by atoms with van der Waals surface area (Å²) in [6.07, 6.45) is 0.645. The van der Waals surface area contributed by atoms with Gasteiger partial charge in [-0.15, -0.1) is 11.3 Å². The molecule has 0 radical (unpaired) electrons. The first-order valence-electron chi connectivity index (χ1n) is 8.54. The summed E-state index contributed by atoms with van der Waals surface area (Å²) in [5, 5.41) is 13.1. The molecule has 1 atom stereocenters. The Labute approximate surface area is 148 Å². The molecule has 0 saturated carbocycles. The summed E-state index contributed by atoms with van der Waals surface area (Å²) >= 11 is 1.78. The summed E-state index contributed by atoms with van der Waals surface area (Å²) in [6.45, 7) is 10.7. The Morgan fingerprint density at radius 3 is 2.58 bits per heavy atom. The molecule has 1 N–H and O–H groups in total. The van der Waals surface area contributed by atoms with E-state index in [1.165, 1.54) is 20.5 Å². The average molecular weight is 357 g/mol. The van der Waals surface area contributed by atoms with Crippen molar-refractivity contribution in [2.24, 2.45) is 4.99 Å². The molecule has 1 aromatic carbocycles. The maximum Gasteiger partial charge on any atom is 0.170 e. The minimum atomic E-state index is -1.33. The predicted molar refractivity (Wildman–Crippen MR) is 104 cm³/mol. The van der Waals surface area contributed by atoms with E-state index in [0.29, 0.717) is 6.42 Å². The number of hydrogen-bond donors (Lipinski definition) is 1. The van der Waals surface area contributed by atoms with Crippen LogP contribution in [0.2, 0.25) is 19.6 Å². The molecule has 4 rings (SSSR count). The number of aryl methyl sites for hydroxylation is 1. The zero-order valence-corrected chi connectivity index (χ0v) is 16.6. The lowest BCUT2D eigenvalue weighted by molar-refractivity contribution is -0.0737. The van der Waals surface area contributed by atoms with Crippen LogP contribution in [0.3, 0.4) is 0 Å². The number of amidine groups is 1. The molecule has 0 spiro atoms. The second-order valence-electron chi connectivity index (χ2n) is 7.87. The van der Waals surface area contributed by atoms with E-state index < -0.39 is 13.8 Å². The number of nitrogens with zero attached hydrogens (tertiary/aromatic N) is 2. The van der Waals surface area contributed by atoms with Crippen molar-refractivity contribution in [1.82, 2.24) is 4.90 Å². The number of thiophene rings is 1. The molecule has 126 valence electrons. The fraction of sp³-hybridized carbons (Fsp3) is 0.421. The van der Waals surface area contributed by atoms with Crippen molar-refractivity contribution < 1.29 is 5.11 Å². The Morgan fingerprint density at radius 1 is 1.21 bits per heavy atom. The lowest BCUT2D eigenvalue weighted by atomic mass is 9.91. The summed E-state index contributed by atoms with van der Waals surface area (Å²) in [6, 6.07) is 10.9. The largest absolute Gasteiger partial charge is 0.366 e. The van der Waals surface area contributed by atoms with Crippen molar-refractivity contribution in [2.45, 2.75) is 38.7 Å². The van der Waals surface area contributed by atoms with E-state index >= 15 is 0 Å². The van der Waals surface area contributed by atoms with Gasteiger partial charge in [0.2, 0.25) is 0 Å². The molecule has 0 fully saturated rings. The van der Waals surface area contributed by atoms with E-state index in [-0.39, 0.29) is 0 Å². The topological polar surface area (TPSA) is 35.8 Å². The number of fused-ring (bicyclic) bond motifs is 3. The Bertz CT molecular complexity index is 819. The predicted octanol–water partition coefficient (Wildman–Crippen LogP) is 3.07. The third-order valence-corrected chi connectivity index (χ3v) is 8.20. The average Bonchev–Trinajstić information content (AvgIpc) is 3.13. The highest BCUT2D eigenvalue weighted by Crippen LogP contribution is 2.41. The molecule has 0 amide bonds. The SMILES string of the molecule is Cc1cc2c(s1)CC(O)(c1ccc([Si](C)(C)C)cc1)N1CCN=C21. The van der Waals surface area contributed by atoms with Crippen LogP contribution >= 0.6 is 11.3 Å². The van der Waals surface area contributed by atoms with Gasteiger partial charge in [0.1, 0.15) is 5.84 Å². The van der Waals surface area contributed by atoms with Crippen LogP contribution in [0.5, 0.6) is 0 Å². The molecule has 2 aliphatic rings. The first-order chi connectivity index (χ1) is 11.3. The second-order valence-corrected chi connectivity index (χ2v) is 14.3. The fourth-order valence-corrected chi connectivity index (χ4v) is 6.00. The van der Waals surface area contributed by atoms with E-state index in [0.717, 1.165) is 24.5 Å². The van der Waals surface area contributed by atoms with Crippen LogP contribution in [0.1, 0.15) is 20.9 Å². The summed E-state index contributed by atoms with van der Waals surface area (Å²) in [7, 11) is -1.33. The molecule has 1 unspecified atom stereocenters. The van der Waals surface area contributed by atoms with Gasteiger partial charge in [0.15, 0.2) is 5.72 Å². The monoisotopic (exact) mass is 356 g/mol. The van der Waals surface area contributed by atoms with Crippen LogP contribution in [-0.2, 0) is 12.1 Å². The molecule has 2 aliphatic heterocycles. The second kappa shape index (κ2) is 5.28. The number of benzene rings is 1. The third-order valence-electron chi connectivity index (χ3n) is 5.08. The standard InChI is InChI=1S/C19H24N2OSSi/c1-13-11-16-17(23-13)12-19(22,21-10-9-20-18(16)21)14-5-7-15(8-6-14)24(2,3)4/h5-8,11,22H,9-10,12H2,1-4H3. The summed E-state index contributed by atoms with van der Waals surface area (Å²) in [4.78, 5) is 9.32. The minimum absolute atomic E-state index is 0.645. The van der Waals surface area contributed by atoms with Crippen LogP contribution in [0.15, 0.2) is 35.3 Å². The van der Waals surface area contributed by atoms with Crippen molar-refractivity contribution in [2.75, 3.05) is 13.1 Å². The molecule has 1 aromatic heterocycles. The van der Waals surface area contributed by atoms with Gasteiger partial charge < -0.3 is 10.0 Å². The van der Waals surface area contributed by atoms with Crippen molar-refractivity contribution in [3.8, 4) is 0 Å². The fourth-order valence-electron chi connectivity index (χ4n) is 3.74. The van der Waals surface area contributed by atoms with Crippen molar-refractivity contribution >= 4 is 30.4 Å². The maximum absolute atomic E-state index is 11.6. The zero-order chi connectivity index (χ0) is 17.1. The van der Waals surface area contributed by atoms with Crippen LogP contribution in [0.25, 0.3) is 0 Å². The van der Waals surface area contributed by atoms with Gasteiger partial charge in [-0.2, -0.15) is 0 Å². The van der Waals surface area contributed by atoms with Gasteiger partial charge in [-0.3, -0.25) is 4.99 Å². The van der Waals surface area contributed by atoms with Gasteiger partial charge in [-0.25, -0.2) is 0 Å². The maximum atomic E-state index is 11.6. The normalized spacial score (nSPS) is 23.0. The molecular weight excluding hydrogens is 332 g/mol. The highest BCUT2D eigenvalue weighted by Gasteiger charge is 2.45. The van der Waals surface area contributed by atoms with Crippen LogP contribution in [0.4, 0.5) is 0 Å². The summed E-state index contributed by atoms with van der Waals surface area (Å²) in [5.41, 5.74) is 1.23. The lowest BCUT2D eigenvalue weighted by Gasteiger charge is -2.43. The molecule has 24 heavy (non-hydrogen) atoms. The Balaban J connectivity index is 1.78. The molecule has 0 saturated heterocycles. The van der Waals surface area contributed by atoms with Gasteiger partial charge in [0.05, 0.1) is 14.6 Å². The van der Waals surface area contributed by atoms with Crippen molar-refractivity contribution in [3.05, 3.63) is 51.2 Å². The molecule has 3 heterocycles. The van der Waals surface area contributed by atoms with E-state index in [1.807, 2.05) is 0 Å². The molecule has 0 bridgehead atoms. The Hall–Kier alpha value is -1.43. The summed E-state index contributed by atoms with van der Waals surface area (Å²) < 4.78 is 0. The number of aliphatic imine (C=N–C) groups is 1. The van der Waals surface area contributed by atoms with Gasteiger partial charge in [0.25, 0.3) is 0 Å². The van der Waals surface area contributed by atoms with E-state index in [2.05, 4.69) is 66.8 Å².